The lowest BCUT2D eigenvalue weighted by atomic mass is 10.0. The minimum absolute atomic E-state index is 0.183. The lowest BCUT2D eigenvalue weighted by molar-refractivity contribution is -0.146. The van der Waals surface area contributed by atoms with Gasteiger partial charge in [0.15, 0.2) is 0 Å². The predicted molar refractivity (Wildman–Crippen MR) is 97.1 cm³/mol. The van der Waals surface area contributed by atoms with Crippen LogP contribution in [0.15, 0.2) is 42.5 Å². The van der Waals surface area contributed by atoms with E-state index in [1.807, 2.05) is 36.4 Å². The fourth-order valence-corrected chi connectivity index (χ4v) is 3.69. The monoisotopic (exact) mass is 355 g/mol. The molecule has 2 heterocycles. The van der Waals surface area contributed by atoms with E-state index in [1.54, 1.807) is 6.92 Å². The van der Waals surface area contributed by atoms with Crippen molar-refractivity contribution in [2.45, 2.75) is 19.3 Å². The number of halogens is 1. The number of esters is 1. The van der Waals surface area contributed by atoms with Gasteiger partial charge in [0.05, 0.1) is 6.61 Å². The first kappa shape index (κ1) is 16.9. The van der Waals surface area contributed by atoms with E-state index in [9.17, 15) is 9.18 Å². The zero-order chi connectivity index (χ0) is 18.1. The molecule has 0 saturated carbocycles. The predicted octanol–water partition coefficient (Wildman–Crippen LogP) is 3.68. The van der Waals surface area contributed by atoms with Gasteiger partial charge < -0.3 is 14.4 Å². The number of rotatable bonds is 4. The van der Waals surface area contributed by atoms with Gasteiger partial charge in [-0.2, -0.15) is 0 Å². The second-order valence-electron chi connectivity index (χ2n) is 7.07. The Morgan fingerprint density at radius 2 is 2.15 bits per heavy atom. The number of ether oxygens (including phenoxy) is 2. The molecule has 2 aliphatic rings. The molecule has 5 heteroatoms. The van der Waals surface area contributed by atoms with Crippen LogP contribution in [0.5, 0.6) is 5.75 Å². The lowest BCUT2D eigenvalue weighted by Gasteiger charge is -2.19. The van der Waals surface area contributed by atoms with E-state index in [0.29, 0.717) is 24.7 Å². The van der Waals surface area contributed by atoms with Crippen LogP contribution < -0.4 is 9.64 Å². The Labute approximate surface area is 152 Å². The van der Waals surface area contributed by atoms with E-state index < -0.39 is 0 Å². The van der Waals surface area contributed by atoms with E-state index in [2.05, 4.69) is 4.90 Å². The fraction of sp³-hybridized carbons (Fsp3) is 0.381. The maximum atomic E-state index is 13.4. The highest BCUT2D eigenvalue weighted by Gasteiger charge is 2.32. The smallest absolute Gasteiger partial charge is 0.317 e. The van der Waals surface area contributed by atoms with Crippen molar-refractivity contribution in [1.82, 2.24) is 0 Å². The molecule has 4 nitrogen and oxygen atoms in total. The molecule has 1 saturated heterocycles. The molecule has 4 rings (SSSR count). The summed E-state index contributed by atoms with van der Waals surface area (Å²) in [6.45, 7) is 4.24. The van der Waals surface area contributed by atoms with Gasteiger partial charge in [-0.1, -0.05) is 18.2 Å². The summed E-state index contributed by atoms with van der Waals surface area (Å²) in [6.07, 6.45) is 0.960. The zero-order valence-electron chi connectivity index (χ0n) is 14.8. The molecule has 0 N–H and O–H groups in total. The molecular formula is C21H22FNO3. The molecule has 26 heavy (non-hydrogen) atoms. The van der Waals surface area contributed by atoms with Gasteiger partial charge in [-0.05, 0) is 43.2 Å². The van der Waals surface area contributed by atoms with Crippen LogP contribution in [0.25, 0.3) is 0 Å². The largest absolute Gasteiger partial charge is 0.492 e. The third-order valence-electron chi connectivity index (χ3n) is 5.24. The van der Waals surface area contributed by atoms with Crippen molar-refractivity contribution in [1.29, 1.82) is 0 Å². The van der Waals surface area contributed by atoms with Gasteiger partial charge in [0.25, 0.3) is 0 Å². The van der Waals surface area contributed by atoms with Gasteiger partial charge >= 0.3 is 5.97 Å². The van der Waals surface area contributed by atoms with Gasteiger partial charge in [-0.3, -0.25) is 4.79 Å². The van der Waals surface area contributed by atoms with E-state index in [1.165, 1.54) is 6.07 Å². The first-order chi connectivity index (χ1) is 12.6. The number of hydrogen-bond donors (Lipinski definition) is 0. The number of para-hydroxylation sites is 1. The topological polar surface area (TPSA) is 38.8 Å². The number of carbonyl (C=O) groups excluding carboxylic acids is 1. The van der Waals surface area contributed by atoms with Crippen LogP contribution in [0.1, 0.15) is 23.5 Å². The van der Waals surface area contributed by atoms with Crippen LogP contribution in [0.2, 0.25) is 0 Å². The van der Waals surface area contributed by atoms with Crippen LogP contribution in [0, 0.1) is 18.7 Å². The number of benzene rings is 2. The Morgan fingerprint density at radius 3 is 3.00 bits per heavy atom. The minimum Gasteiger partial charge on any atom is -0.492 e. The van der Waals surface area contributed by atoms with Crippen molar-refractivity contribution in [2.24, 2.45) is 5.92 Å². The second kappa shape index (κ2) is 6.98. The van der Waals surface area contributed by atoms with Crippen LogP contribution >= 0.6 is 0 Å². The van der Waals surface area contributed by atoms with E-state index in [0.717, 1.165) is 36.5 Å². The Morgan fingerprint density at radius 1 is 1.31 bits per heavy atom. The van der Waals surface area contributed by atoms with Gasteiger partial charge in [0.1, 0.15) is 24.1 Å². The molecule has 2 aliphatic heterocycles. The summed E-state index contributed by atoms with van der Waals surface area (Å²) >= 11 is 0. The van der Waals surface area contributed by atoms with Crippen molar-refractivity contribution < 1.29 is 18.7 Å². The molecular weight excluding hydrogens is 333 g/mol. The Bertz CT molecular complexity index is 823. The molecule has 0 spiro atoms. The molecule has 1 fully saturated rings. The normalized spacial score (nSPS) is 21.4. The fourth-order valence-electron chi connectivity index (χ4n) is 3.69. The zero-order valence-corrected chi connectivity index (χ0v) is 14.8. The number of hydrogen-bond acceptors (Lipinski definition) is 4. The van der Waals surface area contributed by atoms with Crippen LogP contribution in [-0.4, -0.2) is 32.3 Å². The van der Waals surface area contributed by atoms with Gasteiger partial charge in [0, 0.05) is 30.3 Å². The standard InChI is InChI=1S/C21H22FNO3/c1-14-10-16(6-7-19(14)22)23-9-8-15(11-23)12-26-21(24)18-13-25-20-5-3-2-4-17(18)20/h2-7,10,15,18H,8-9,11-13H2,1H3. The molecule has 0 bridgehead atoms. The quantitative estimate of drug-likeness (QED) is 0.785. The van der Waals surface area contributed by atoms with Crippen molar-refractivity contribution in [3.8, 4) is 5.75 Å². The molecule has 0 radical (unpaired) electrons. The Hall–Kier alpha value is -2.56. The summed E-state index contributed by atoms with van der Waals surface area (Å²) in [7, 11) is 0. The maximum Gasteiger partial charge on any atom is 0.317 e. The summed E-state index contributed by atoms with van der Waals surface area (Å²) in [5.41, 5.74) is 2.58. The first-order valence-electron chi connectivity index (χ1n) is 9.01. The molecule has 2 aromatic rings. The van der Waals surface area contributed by atoms with Crippen LogP contribution in [0.4, 0.5) is 10.1 Å². The first-order valence-corrected chi connectivity index (χ1v) is 9.01. The minimum atomic E-state index is -0.330. The average Bonchev–Trinajstić information content (AvgIpc) is 3.29. The molecule has 2 unspecified atom stereocenters. The summed E-state index contributed by atoms with van der Waals surface area (Å²) in [5.74, 6) is 0.335. The third-order valence-corrected chi connectivity index (χ3v) is 5.24. The maximum absolute atomic E-state index is 13.4. The highest BCUT2D eigenvalue weighted by atomic mass is 19.1. The van der Waals surface area contributed by atoms with Gasteiger partial charge in [0.2, 0.25) is 0 Å². The SMILES string of the molecule is Cc1cc(N2CCC(COC(=O)C3COc4ccccc43)C2)ccc1F. The Balaban J connectivity index is 1.32. The van der Waals surface area contributed by atoms with Crippen molar-refractivity contribution in [2.75, 3.05) is 31.2 Å². The number of nitrogens with zero attached hydrogens (tertiary/aromatic N) is 1. The highest BCUT2D eigenvalue weighted by molar-refractivity contribution is 5.80. The molecule has 136 valence electrons. The molecule has 2 aromatic carbocycles. The van der Waals surface area contributed by atoms with Crippen molar-refractivity contribution in [3.63, 3.8) is 0 Å². The number of anilines is 1. The van der Waals surface area contributed by atoms with E-state index in [4.69, 9.17) is 9.47 Å². The highest BCUT2D eigenvalue weighted by Crippen LogP contribution is 2.34. The summed E-state index contributed by atoms with van der Waals surface area (Å²) in [4.78, 5) is 14.7. The molecule has 0 aliphatic carbocycles. The number of aryl methyl sites for hydroxylation is 1. The van der Waals surface area contributed by atoms with Gasteiger partial charge in [-0.15, -0.1) is 0 Å². The average molecular weight is 355 g/mol. The molecule has 0 aromatic heterocycles. The summed E-state index contributed by atoms with van der Waals surface area (Å²) in [5, 5.41) is 0. The van der Waals surface area contributed by atoms with E-state index in [-0.39, 0.29) is 17.7 Å². The van der Waals surface area contributed by atoms with Gasteiger partial charge in [-0.25, -0.2) is 4.39 Å². The number of carbonyl (C=O) groups is 1. The lowest BCUT2D eigenvalue weighted by Crippen LogP contribution is -2.24. The van der Waals surface area contributed by atoms with Crippen molar-refractivity contribution >= 4 is 11.7 Å². The molecule has 0 amide bonds. The third kappa shape index (κ3) is 3.26. The molecule has 2 atom stereocenters. The van der Waals surface area contributed by atoms with E-state index >= 15 is 0 Å². The van der Waals surface area contributed by atoms with Crippen LogP contribution in [0.3, 0.4) is 0 Å². The summed E-state index contributed by atoms with van der Waals surface area (Å²) < 4.78 is 24.6. The second-order valence-corrected chi connectivity index (χ2v) is 7.07. The van der Waals surface area contributed by atoms with Crippen LogP contribution in [-0.2, 0) is 9.53 Å². The Kier molecular flexibility index (Phi) is 4.53. The summed E-state index contributed by atoms with van der Waals surface area (Å²) in [6, 6.07) is 12.8. The number of fused-ring (bicyclic) bond motifs is 1. The van der Waals surface area contributed by atoms with Crippen molar-refractivity contribution in [3.05, 3.63) is 59.4 Å².